The summed E-state index contributed by atoms with van der Waals surface area (Å²) in [5, 5.41) is 13.8. The monoisotopic (exact) mass is 375 g/mol. The van der Waals surface area contributed by atoms with Crippen LogP contribution in [0.2, 0.25) is 0 Å². The molecule has 0 saturated heterocycles. The number of aromatic nitrogens is 3. The Balaban J connectivity index is 1.83. The van der Waals surface area contributed by atoms with E-state index in [9.17, 15) is 9.90 Å². The van der Waals surface area contributed by atoms with Crippen LogP contribution in [-0.2, 0) is 13.0 Å². The van der Waals surface area contributed by atoms with Crippen LogP contribution in [0.4, 0.5) is 0 Å². The molecule has 0 atom stereocenters. The number of nitrogens with zero attached hydrogens (tertiary/aromatic N) is 3. The van der Waals surface area contributed by atoms with Gasteiger partial charge in [-0.05, 0) is 29.7 Å². The fourth-order valence-electron chi connectivity index (χ4n) is 2.92. The molecule has 0 aliphatic carbocycles. The summed E-state index contributed by atoms with van der Waals surface area (Å²) in [6, 6.07) is 15.1. The van der Waals surface area contributed by atoms with Crippen molar-refractivity contribution in [2.24, 2.45) is 0 Å². The van der Waals surface area contributed by atoms with Crippen molar-refractivity contribution in [3.05, 3.63) is 65.5 Å². The van der Waals surface area contributed by atoms with E-state index in [-0.39, 0.29) is 5.56 Å². The highest BCUT2D eigenvalue weighted by Crippen LogP contribution is 2.24. The minimum atomic E-state index is -0.941. The maximum Gasteiger partial charge on any atom is 0.336 e. The molecular formula is C22H21N3O3. The van der Waals surface area contributed by atoms with Crippen LogP contribution in [0.15, 0.2) is 48.5 Å². The maximum atomic E-state index is 11.4. The lowest BCUT2D eigenvalue weighted by atomic mass is 9.99. The highest BCUT2D eigenvalue weighted by atomic mass is 16.5. The van der Waals surface area contributed by atoms with Crippen molar-refractivity contribution in [2.45, 2.75) is 26.3 Å². The van der Waals surface area contributed by atoms with Gasteiger partial charge in [0.1, 0.15) is 5.82 Å². The molecule has 0 radical (unpaired) electrons. The van der Waals surface area contributed by atoms with Gasteiger partial charge in [0.15, 0.2) is 0 Å². The smallest absolute Gasteiger partial charge is 0.336 e. The van der Waals surface area contributed by atoms with Gasteiger partial charge < -0.3 is 9.84 Å². The van der Waals surface area contributed by atoms with Crippen molar-refractivity contribution in [1.29, 1.82) is 0 Å². The number of aromatic carboxylic acids is 1. The zero-order valence-corrected chi connectivity index (χ0v) is 15.6. The van der Waals surface area contributed by atoms with Crippen molar-refractivity contribution >= 4 is 5.97 Å². The van der Waals surface area contributed by atoms with Crippen molar-refractivity contribution in [3.63, 3.8) is 0 Å². The molecule has 1 heterocycles. The number of carbonyl (C=O) groups is 1. The van der Waals surface area contributed by atoms with Gasteiger partial charge in [0, 0.05) is 12.8 Å². The van der Waals surface area contributed by atoms with E-state index >= 15 is 0 Å². The van der Waals surface area contributed by atoms with Gasteiger partial charge in [0.25, 0.3) is 0 Å². The zero-order chi connectivity index (χ0) is 19.9. The molecule has 142 valence electrons. The first-order valence-corrected chi connectivity index (χ1v) is 9.04. The highest BCUT2D eigenvalue weighted by molar-refractivity contribution is 5.95. The quantitative estimate of drug-likeness (QED) is 0.608. The van der Waals surface area contributed by atoms with Crippen LogP contribution < -0.4 is 4.74 Å². The van der Waals surface area contributed by atoms with Crippen LogP contribution in [0.25, 0.3) is 11.1 Å². The van der Waals surface area contributed by atoms with Gasteiger partial charge in [0.2, 0.25) is 0 Å². The lowest BCUT2D eigenvalue weighted by molar-refractivity contribution is 0.0697. The number of ether oxygens (including phenoxy) is 1. The molecular weight excluding hydrogens is 354 g/mol. The third-order valence-electron chi connectivity index (χ3n) is 4.25. The number of hydrogen-bond donors (Lipinski definition) is 1. The van der Waals surface area contributed by atoms with Gasteiger partial charge in [-0.25, -0.2) is 9.48 Å². The Morgan fingerprint density at radius 3 is 2.64 bits per heavy atom. The van der Waals surface area contributed by atoms with E-state index < -0.39 is 5.97 Å². The predicted molar refractivity (Wildman–Crippen MR) is 106 cm³/mol. The summed E-state index contributed by atoms with van der Waals surface area (Å²) >= 11 is 0. The first kappa shape index (κ1) is 19.2. The molecule has 1 aromatic heterocycles. The summed E-state index contributed by atoms with van der Waals surface area (Å²) in [5.74, 6) is 2.46. The molecule has 0 unspecified atom stereocenters. The second-order valence-corrected chi connectivity index (χ2v) is 6.15. The Hall–Kier alpha value is -3.59. The number of carboxylic acid groups (broad SMARTS) is 1. The minimum absolute atomic E-state index is 0.282. The molecule has 6 nitrogen and oxygen atoms in total. The molecule has 3 rings (SSSR count). The summed E-state index contributed by atoms with van der Waals surface area (Å²) < 4.78 is 7.20. The third-order valence-corrected chi connectivity index (χ3v) is 4.25. The average Bonchev–Trinajstić information content (AvgIpc) is 3.08. The lowest BCUT2D eigenvalue weighted by Gasteiger charge is -2.08. The van der Waals surface area contributed by atoms with E-state index in [1.54, 1.807) is 16.8 Å². The van der Waals surface area contributed by atoms with E-state index in [0.717, 1.165) is 17.0 Å². The summed E-state index contributed by atoms with van der Waals surface area (Å²) in [7, 11) is 0. The van der Waals surface area contributed by atoms with Crippen LogP contribution in [0.5, 0.6) is 6.01 Å². The Kier molecular flexibility index (Phi) is 6.07. The van der Waals surface area contributed by atoms with Crippen molar-refractivity contribution in [3.8, 4) is 29.5 Å². The number of benzene rings is 2. The highest BCUT2D eigenvalue weighted by Gasteiger charge is 2.13. The number of terminal acetylenes is 1. The van der Waals surface area contributed by atoms with Crippen molar-refractivity contribution in [1.82, 2.24) is 14.8 Å². The fraction of sp³-hybridized carbons (Fsp3) is 0.227. The van der Waals surface area contributed by atoms with Gasteiger partial charge in [-0.1, -0.05) is 42.5 Å². The Bertz CT molecular complexity index is 1000. The van der Waals surface area contributed by atoms with Gasteiger partial charge in [-0.3, -0.25) is 0 Å². The minimum Gasteiger partial charge on any atom is -0.478 e. The molecule has 1 N–H and O–H groups in total. The van der Waals surface area contributed by atoms with Crippen LogP contribution in [-0.4, -0.2) is 32.4 Å². The lowest BCUT2D eigenvalue weighted by Crippen LogP contribution is -2.07. The average molecular weight is 375 g/mol. The maximum absolute atomic E-state index is 11.4. The first-order chi connectivity index (χ1) is 13.6. The standard InChI is InChI=1S/C22H21N3O3/c1-3-5-10-20-23-22(28-4-2)24-25(20)15-16-11-13-17(14-12-16)18-8-6-7-9-19(18)21(26)27/h1,6-9,11-14H,4-5,10,15H2,2H3,(H,26,27). The molecule has 2 aromatic carbocycles. The van der Waals surface area contributed by atoms with Crippen LogP contribution in [0.1, 0.15) is 35.1 Å². The molecule has 28 heavy (non-hydrogen) atoms. The predicted octanol–water partition coefficient (Wildman–Crippen LogP) is 3.66. The molecule has 0 aliphatic rings. The van der Waals surface area contributed by atoms with Crippen LogP contribution in [0.3, 0.4) is 0 Å². The topological polar surface area (TPSA) is 77.2 Å². The number of carboxylic acids is 1. The molecule has 0 amide bonds. The van der Waals surface area contributed by atoms with Gasteiger partial charge in [0.05, 0.1) is 18.7 Å². The Morgan fingerprint density at radius 2 is 1.96 bits per heavy atom. The Labute approximate surface area is 163 Å². The second kappa shape index (κ2) is 8.87. The Morgan fingerprint density at radius 1 is 1.21 bits per heavy atom. The molecule has 0 spiro atoms. The molecule has 0 saturated carbocycles. The second-order valence-electron chi connectivity index (χ2n) is 6.15. The SMILES string of the molecule is C#CCCc1nc(OCC)nn1Cc1ccc(-c2ccccc2C(=O)O)cc1. The molecule has 0 fully saturated rings. The van der Waals surface area contributed by atoms with Crippen LogP contribution in [0, 0.1) is 12.3 Å². The van der Waals surface area contributed by atoms with Crippen molar-refractivity contribution < 1.29 is 14.6 Å². The van der Waals surface area contributed by atoms with Crippen LogP contribution >= 0.6 is 0 Å². The summed E-state index contributed by atoms with van der Waals surface area (Å²) in [6.45, 7) is 2.91. The largest absolute Gasteiger partial charge is 0.478 e. The molecule has 0 bridgehead atoms. The first-order valence-electron chi connectivity index (χ1n) is 9.04. The summed E-state index contributed by atoms with van der Waals surface area (Å²) in [6.07, 6.45) is 6.57. The molecule has 3 aromatic rings. The fourth-order valence-corrected chi connectivity index (χ4v) is 2.92. The van der Waals surface area contributed by atoms with E-state index in [2.05, 4.69) is 16.0 Å². The van der Waals surface area contributed by atoms with E-state index in [1.807, 2.05) is 43.3 Å². The van der Waals surface area contributed by atoms with Gasteiger partial charge in [-0.2, -0.15) is 4.98 Å². The van der Waals surface area contributed by atoms with E-state index in [0.29, 0.717) is 37.6 Å². The number of aryl methyl sites for hydroxylation is 1. The normalized spacial score (nSPS) is 10.4. The van der Waals surface area contributed by atoms with E-state index in [4.69, 9.17) is 11.2 Å². The summed E-state index contributed by atoms with van der Waals surface area (Å²) in [4.78, 5) is 15.8. The molecule has 6 heteroatoms. The third kappa shape index (κ3) is 4.38. The number of rotatable bonds is 8. The summed E-state index contributed by atoms with van der Waals surface area (Å²) in [5.41, 5.74) is 2.84. The number of hydrogen-bond acceptors (Lipinski definition) is 4. The van der Waals surface area contributed by atoms with Gasteiger partial charge >= 0.3 is 12.0 Å². The zero-order valence-electron chi connectivity index (χ0n) is 15.6. The van der Waals surface area contributed by atoms with Crippen molar-refractivity contribution in [2.75, 3.05) is 6.61 Å². The van der Waals surface area contributed by atoms with Gasteiger partial charge in [-0.15, -0.1) is 17.4 Å². The molecule has 0 aliphatic heterocycles. The van der Waals surface area contributed by atoms with E-state index in [1.165, 1.54) is 0 Å².